The number of allylic oxidation sites excluding steroid dienone is 3. The summed E-state index contributed by atoms with van der Waals surface area (Å²) in [6.07, 6.45) is 37.5. The predicted octanol–water partition coefficient (Wildman–Crippen LogP) is 13.8. The van der Waals surface area contributed by atoms with Crippen LogP contribution in [0.5, 0.6) is 0 Å². The van der Waals surface area contributed by atoms with Crippen molar-refractivity contribution in [2.45, 2.75) is 187 Å². The molecule has 0 aromatic rings. The number of alkyl halides is 2. The van der Waals surface area contributed by atoms with Crippen LogP contribution in [0.2, 0.25) is 0 Å². The van der Waals surface area contributed by atoms with E-state index in [1.165, 1.54) is 109 Å². The SMILES string of the molecule is CCCCCCCC/C=C\CCCCCCCCC(=O)O[C@H]1CC[C@@]2(C)C(=CC[C@H]3[C@@H]4CC[C@H](C(C)CCCOC(=O)N(CCCl)CCCl)C4CC[C@@H]32)C1. The Balaban J connectivity index is 1.08. The topological polar surface area (TPSA) is 55.8 Å². The van der Waals surface area contributed by atoms with E-state index in [1.54, 1.807) is 10.5 Å². The Morgan fingerprint density at radius 2 is 1.48 bits per heavy atom. The third-order valence-electron chi connectivity index (χ3n) is 14.4. The highest BCUT2D eigenvalue weighted by Gasteiger charge is 2.54. The van der Waals surface area contributed by atoms with Gasteiger partial charge >= 0.3 is 12.1 Å². The molecular weight excluding hydrogens is 713 g/mol. The Labute approximate surface area is 341 Å². The van der Waals surface area contributed by atoms with Gasteiger partial charge in [-0.3, -0.25) is 4.79 Å². The Kier molecular flexibility index (Phi) is 21.3. The van der Waals surface area contributed by atoms with Crippen molar-refractivity contribution in [3.63, 3.8) is 0 Å². The molecule has 0 aliphatic heterocycles. The molecule has 0 radical (unpaired) electrons. The van der Waals surface area contributed by atoms with Crippen LogP contribution in [0.25, 0.3) is 0 Å². The second-order valence-electron chi connectivity index (χ2n) is 17.9. The first-order chi connectivity index (χ1) is 26.3. The van der Waals surface area contributed by atoms with E-state index in [9.17, 15) is 9.59 Å². The minimum absolute atomic E-state index is 0.0257. The van der Waals surface area contributed by atoms with E-state index in [-0.39, 0.29) is 23.6 Å². The van der Waals surface area contributed by atoms with Crippen LogP contribution in [-0.4, -0.2) is 54.5 Å². The standard InChI is InChI=1S/C47H79Cl2NO4/c1-4-5-6-7-8-9-10-11-12-13-14-15-16-17-18-19-22-45(51)54-39-29-30-47(3)38(36-39)23-24-43-42-26-25-40(41(42)27-28-44(43)47)37(2)21-20-35-53-46(52)50(33-31-48)34-32-49/h11-12,23,37,39-44H,4-10,13-22,24-36H2,1-3H3/b12-11-/t37?,39-,40+,41?,42+,43-,44-,47-/m0/s1. The third kappa shape index (κ3) is 14.0. The van der Waals surface area contributed by atoms with Gasteiger partial charge in [0, 0.05) is 37.7 Å². The smallest absolute Gasteiger partial charge is 0.409 e. The monoisotopic (exact) mass is 792 g/mol. The van der Waals surface area contributed by atoms with Gasteiger partial charge < -0.3 is 14.4 Å². The number of rotatable bonds is 26. The molecule has 8 atom stereocenters. The lowest BCUT2D eigenvalue weighted by atomic mass is 9.50. The molecule has 4 rings (SSSR count). The summed E-state index contributed by atoms with van der Waals surface area (Å²) in [6, 6.07) is 0. The molecule has 2 unspecified atom stereocenters. The number of unbranched alkanes of at least 4 members (excludes halogenated alkanes) is 12. The Morgan fingerprint density at radius 3 is 2.17 bits per heavy atom. The summed E-state index contributed by atoms with van der Waals surface area (Å²) >= 11 is 11.7. The van der Waals surface area contributed by atoms with E-state index in [4.69, 9.17) is 32.7 Å². The second-order valence-corrected chi connectivity index (χ2v) is 18.7. The number of hydrogen-bond acceptors (Lipinski definition) is 4. The van der Waals surface area contributed by atoms with Crippen LogP contribution in [0.4, 0.5) is 4.79 Å². The van der Waals surface area contributed by atoms with E-state index in [0.717, 1.165) is 74.5 Å². The Morgan fingerprint density at radius 1 is 0.833 bits per heavy atom. The fourth-order valence-electron chi connectivity index (χ4n) is 11.3. The van der Waals surface area contributed by atoms with Crippen molar-refractivity contribution in [2.75, 3.05) is 31.5 Å². The van der Waals surface area contributed by atoms with Gasteiger partial charge in [-0.2, -0.15) is 0 Å². The fourth-order valence-corrected chi connectivity index (χ4v) is 11.7. The molecule has 0 aromatic carbocycles. The minimum atomic E-state index is -0.294. The van der Waals surface area contributed by atoms with Gasteiger partial charge in [0.2, 0.25) is 0 Å². The number of halogens is 2. The maximum Gasteiger partial charge on any atom is 0.409 e. The summed E-state index contributed by atoms with van der Waals surface area (Å²) in [4.78, 5) is 26.9. The fraction of sp³-hybridized carbons (Fsp3) is 0.872. The Bertz CT molecular complexity index is 1140. The van der Waals surface area contributed by atoms with Crippen LogP contribution in [0.1, 0.15) is 181 Å². The number of amides is 1. The van der Waals surface area contributed by atoms with Gasteiger partial charge in [0.05, 0.1) is 6.61 Å². The maximum absolute atomic E-state index is 12.8. The van der Waals surface area contributed by atoms with E-state index >= 15 is 0 Å². The lowest BCUT2D eigenvalue weighted by Crippen LogP contribution is -2.48. The van der Waals surface area contributed by atoms with Crippen molar-refractivity contribution in [2.24, 2.45) is 40.9 Å². The number of ether oxygens (including phenoxy) is 2. The lowest BCUT2D eigenvalue weighted by molar-refractivity contribution is -0.151. The largest absolute Gasteiger partial charge is 0.462 e. The average molecular weight is 793 g/mol. The zero-order valence-corrected chi connectivity index (χ0v) is 36.3. The highest BCUT2D eigenvalue weighted by atomic mass is 35.5. The molecule has 0 aromatic heterocycles. The number of carbonyl (C=O) groups excluding carboxylic acids is 2. The van der Waals surface area contributed by atoms with Gasteiger partial charge in [0.1, 0.15) is 6.10 Å². The molecule has 4 aliphatic carbocycles. The first-order valence-electron chi connectivity index (χ1n) is 22.9. The van der Waals surface area contributed by atoms with Gasteiger partial charge in [0.25, 0.3) is 0 Å². The van der Waals surface area contributed by atoms with Crippen molar-refractivity contribution in [1.82, 2.24) is 4.90 Å². The predicted molar refractivity (Wildman–Crippen MR) is 227 cm³/mol. The van der Waals surface area contributed by atoms with Crippen LogP contribution >= 0.6 is 23.2 Å². The van der Waals surface area contributed by atoms with E-state index < -0.39 is 0 Å². The molecule has 0 heterocycles. The molecule has 7 heteroatoms. The van der Waals surface area contributed by atoms with Crippen molar-refractivity contribution in [3.05, 3.63) is 23.8 Å². The van der Waals surface area contributed by atoms with Crippen molar-refractivity contribution >= 4 is 35.3 Å². The lowest BCUT2D eigenvalue weighted by Gasteiger charge is -2.55. The number of hydrogen-bond donors (Lipinski definition) is 0. The summed E-state index contributed by atoms with van der Waals surface area (Å²) in [7, 11) is 0. The van der Waals surface area contributed by atoms with Crippen LogP contribution in [0.15, 0.2) is 23.8 Å². The summed E-state index contributed by atoms with van der Waals surface area (Å²) in [6.45, 7) is 8.68. The quantitative estimate of drug-likeness (QED) is 0.0379. The molecule has 310 valence electrons. The highest BCUT2D eigenvalue weighted by molar-refractivity contribution is 6.18. The van der Waals surface area contributed by atoms with Gasteiger partial charge in [-0.05, 0) is 131 Å². The molecule has 3 fully saturated rings. The average Bonchev–Trinajstić information content (AvgIpc) is 3.61. The molecule has 0 spiro atoms. The van der Waals surface area contributed by atoms with E-state index in [0.29, 0.717) is 43.8 Å². The molecule has 5 nitrogen and oxygen atoms in total. The molecule has 3 saturated carbocycles. The summed E-state index contributed by atoms with van der Waals surface area (Å²) in [5, 5.41) is 0. The van der Waals surface area contributed by atoms with Crippen LogP contribution in [0, 0.1) is 40.9 Å². The maximum atomic E-state index is 12.8. The van der Waals surface area contributed by atoms with Crippen molar-refractivity contribution in [1.29, 1.82) is 0 Å². The normalized spacial score (nSPS) is 28.2. The van der Waals surface area contributed by atoms with Gasteiger partial charge in [-0.1, -0.05) is 102 Å². The molecule has 0 saturated heterocycles. The van der Waals surface area contributed by atoms with Crippen LogP contribution in [-0.2, 0) is 14.3 Å². The molecule has 0 bridgehead atoms. The van der Waals surface area contributed by atoms with E-state index in [1.807, 2.05) is 0 Å². The Hall–Kier alpha value is -1.20. The number of nitrogens with zero attached hydrogens (tertiary/aromatic N) is 1. The van der Waals surface area contributed by atoms with Crippen molar-refractivity contribution < 1.29 is 19.1 Å². The number of esters is 1. The highest BCUT2D eigenvalue weighted by Crippen LogP contribution is 2.63. The summed E-state index contributed by atoms with van der Waals surface area (Å²) in [5.41, 5.74) is 1.87. The zero-order chi connectivity index (χ0) is 38.6. The summed E-state index contributed by atoms with van der Waals surface area (Å²) < 4.78 is 11.7. The van der Waals surface area contributed by atoms with Gasteiger partial charge in [0.15, 0.2) is 0 Å². The second kappa shape index (κ2) is 25.2. The summed E-state index contributed by atoms with van der Waals surface area (Å²) in [5.74, 6) is 5.50. The number of fused-ring (bicyclic) bond motifs is 5. The third-order valence-corrected chi connectivity index (χ3v) is 14.7. The van der Waals surface area contributed by atoms with Crippen LogP contribution in [0.3, 0.4) is 0 Å². The van der Waals surface area contributed by atoms with Crippen LogP contribution < -0.4 is 0 Å². The molecule has 4 aliphatic rings. The first kappa shape index (κ1) is 45.5. The minimum Gasteiger partial charge on any atom is -0.462 e. The first-order valence-corrected chi connectivity index (χ1v) is 24.0. The molecule has 0 N–H and O–H groups in total. The molecular formula is C47H79Cl2NO4. The molecule has 54 heavy (non-hydrogen) atoms. The molecule has 1 amide bonds. The van der Waals surface area contributed by atoms with Gasteiger partial charge in [-0.25, -0.2) is 4.79 Å². The number of carbonyl (C=O) groups is 2. The van der Waals surface area contributed by atoms with Gasteiger partial charge in [-0.15, -0.1) is 23.2 Å². The van der Waals surface area contributed by atoms with Crippen molar-refractivity contribution in [3.8, 4) is 0 Å². The van der Waals surface area contributed by atoms with E-state index in [2.05, 4.69) is 39.0 Å². The zero-order valence-electron chi connectivity index (χ0n) is 34.8.